The van der Waals surface area contributed by atoms with Gasteiger partial charge in [0.1, 0.15) is 0 Å². The zero-order valence-corrected chi connectivity index (χ0v) is 26.9. The fourth-order valence-corrected chi connectivity index (χ4v) is 21.3. The average molecular weight is 659 g/mol. The Morgan fingerprint density at radius 1 is 0.872 bits per heavy atom. The average Bonchev–Trinajstić information content (AvgIpc) is 3.18. The van der Waals surface area contributed by atoms with E-state index in [1.54, 1.807) is 6.20 Å². The van der Waals surface area contributed by atoms with E-state index in [1.807, 2.05) is 0 Å². The number of nitrogens with one attached hydrogen (secondary N) is 1. The van der Waals surface area contributed by atoms with Gasteiger partial charge in [-0.1, -0.05) is 0 Å². The minimum absolute atomic E-state index is 0.279. The second-order valence-corrected chi connectivity index (χ2v) is 23.4. The van der Waals surface area contributed by atoms with E-state index in [4.69, 9.17) is 18.9 Å². The second kappa shape index (κ2) is 15.6. The van der Waals surface area contributed by atoms with Crippen molar-refractivity contribution < 1.29 is 33.3 Å². The van der Waals surface area contributed by atoms with Gasteiger partial charge in [-0.25, -0.2) is 0 Å². The number of ether oxygens (including phenoxy) is 4. The summed E-state index contributed by atoms with van der Waals surface area (Å²) in [6.45, 7) is 9.75. The Morgan fingerprint density at radius 3 is 1.85 bits per heavy atom. The van der Waals surface area contributed by atoms with Crippen LogP contribution in [-0.2, 0) is 33.3 Å². The number of rotatable bonds is 15. The molecule has 1 aromatic rings. The van der Waals surface area contributed by atoms with Gasteiger partial charge >= 0.3 is 234 Å². The van der Waals surface area contributed by atoms with Crippen LogP contribution in [0.15, 0.2) is 15.8 Å². The molecule has 1 saturated heterocycles. The molecule has 0 amide bonds. The molecule has 11 nitrogen and oxygen atoms in total. The number of aromatic amines is 1. The molecule has 1 fully saturated rings. The molecule has 39 heavy (non-hydrogen) atoms. The summed E-state index contributed by atoms with van der Waals surface area (Å²) in [6.07, 6.45) is 3.15. The Balaban J connectivity index is 2.69. The molecule has 0 aliphatic carbocycles. The molecule has 0 bridgehead atoms. The van der Waals surface area contributed by atoms with E-state index >= 15 is 0 Å². The van der Waals surface area contributed by atoms with Crippen LogP contribution in [-0.4, -0.2) is 70.8 Å². The SMILES string of the molecule is CCC[CH2][Sn]([CH2]CCC)([CH2]CCC)[c]1cn([C@@H]2O[C@H](COC(C)=O)[C@@H](OC(C)=O)[C@H]2OC(C)=O)c(=O)[nH]c1=O. The van der Waals surface area contributed by atoms with Crippen LogP contribution in [0.3, 0.4) is 0 Å². The van der Waals surface area contributed by atoms with Crippen LogP contribution >= 0.6 is 0 Å². The first-order chi connectivity index (χ1) is 18.5. The third-order valence-corrected chi connectivity index (χ3v) is 22.7. The van der Waals surface area contributed by atoms with Gasteiger partial charge in [0.15, 0.2) is 0 Å². The van der Waals surface area contributed by atoms with Crippen molar-refractivity contribution in [1.29, 1.82) is 0 Å². The number of H-pyrrole nitrogens is 1. The van der Waals surface area contributed by atoms with Crippen LogP contribution in [0.2, 0.25) is 13.3 Å². The van der Waals surface area contributed by atoms with Gasteiger partial charge in [0.2, 0.25) is 0 Å². The summed E-state index contributed by atoms with van der Waals surface area (Å²) in [5.74, 6) is -1.89. The third-order valence-electron chi connectivity index (χ3n) is 7.18. The van der Waals surface area contributed by atoms with E-state index in [0.29, 0.717) is 3.58 Å². The van der Waals surface area contributed by atoms with Gasteiger partial charge in [0.05, 0.1) is 0 Å². The molecule has 0 saturated carbocycles. The molecule has 1 N–H and O–H groups in total. The first-order valence-corrected chi connectivity index (χ1v) is 21.5. The van der Waals surface area contributed by atoms with Crippen molar-refractivity contribution in [2.24, 2.45) is 0 Å². The fourth-order valence-electron chi connectivity index (χ4n) is 5.29. The molecular formula is C27H44N2O9Sn. The fraction of sp³-hybridized carbons (Fsp3) is 0.741. The Hall–Kier alpha value is -2.15. The maximum atomic E-state index is 13.4. The number of unbranched alkanes of at least 4 members (excludes halogenated alkanes) is 3. The van der Waals surface area contributed by atoms with Crippen molar-refractivity contribution in [1.82, 2.24) is 9.55 Å². The van der Waals surface area contributed by atoms with E-state index in [2.05, 4.69) is 25.8 Å². The summed E-state index contributed by atoms with van der Waals surface area (Å²) < 4.78 is 27.1. The molecule has 2 rings (SSSR count). The number of carbonyl (C=O) groups is 3. The van der Waals surface area contributed by atoms with Crippen LogP contribution in [0, 0.1) is 0 Å². The van der Waals surface area contributed by atoms with E-state index in [-0.39, 0.29) is 12.2 Å². The monoisotopic (exact) mass is 660 g/mol. The zero-order valence-electron chi connectivity index (χ0n) is 24.1. The number of hydrogen-bond donors (Lipinski definition) is 1. The summed E-state index contributed by atoms with van der Waals surface area (Å²) in [5, 5.41) is 0. The standard InChI is InChI=1S/C15H17N2O9.3C4H9.Sn/c1-7(18)23-6-10-12(24-8(2)19)13(25-9(3)20)14(26-10)17-5-4-11(21)16-15(17)22;3*1-3-4-2;/h5,10,12-14H,6H2,1-3H3,(H,16,21,22);3*1,3-4H2,2H3;/t10-,12-,13-,14-;;;;/m1..../s1. The predicted octanol–water partition coefficient (Wildman–Crippen LogP) is 2.92. The quantitative estimate of drug-likeness (QED) is 0.171. The second-order valence-electron chi connectivity index (χ2n) is 10.3. The topological polar surface area (TPSA) is 143 Å². The summed E-state index contributed by atoms with van der Waals surface area (Å²) in [5.41, 5.74) is -1.08. The van der Waals surface area contributed by atoms with E-state index < -0.39 is 66.5 Å². The summed E-state index contributed by atoms with van der Waals surface area (Å²) in [4.78, 5) is 64.6. The summed E-state index contributed by atoms with van der Waals surface area (Å²) in [6, 6.07) is 0. The molecule has 1 aliphatic rings. The number of esters is 3. The van der Waals surface area contributed by atoms with E-state index in [0.717, 1.165) is 51.8 Å². The van der Waals surface area contributed by atoms with Gasteiger partial charge in [-0.15, -0.1) is 0 Å². The summed E-state index contributed by atoms with van der Waals surface area (Å²) in [7, 11) is 0. The molecule has 4 atom stereocenters. The molecule has 1 aliphatic heterocycles. The van der Waals surface area contributed by atoms with Crippen molar-refractivity contribution in [3.05, 3.63) is 27.0 Å². The van der Waals surface area contributed by atoms with Crippen molar-refractivity contribution in [2.75, 3.05) is 6.61 Å². The van der Waals surface area contributed by atoms with Gasteiger partial charge in [-0.3, -0.25) is 0 Å². The first kappa shape index (κ1) is 33.1. The van der Waals surface area contributed by atoms with E-state index in [1.165, 1.54) is 25.3 Å². The summed E-state index contributed by atoms with van der Waals surface area (Å²) >= 11 is -3.32. The van der Waals surface area contributed by atoms with Crippen LogP contribution < -0.4 is 14.8 Å². The molecular weight excluding hydrogens is 615 g/mol. The van der Waals surface area contributed by atoms with Gasteiger partial charge in [-0.05, 0) is 0 Å². The minimum atomic E-state index is -3.32. The molecule has 12 heteroatoms. The van der Waals surface area contributed by atoms with Gasteiger partial charge < -0.3 is 0 Å². The Bertz CT molecular complexity index is 1080. The van der Waals surface area contributed by atoms with Crippen molar-refractivity contribution >= 4 is 39.9 Å². The Labute approximate surface area is 233 Å². The van der Waals surface area contributed by atoms with Crippen LogP contribution in [0.5, 0.6) is 0 Å². The zero-order chi connectivity index (χ0) is 29.2. The van der Waals surface area contributed by atoms with Gasteiger partial charge in [0, 0.05) is 0 Å². The van der Waals surface area contributed by atoms with Crippen molar-refractivity contribution in [3.8, 4) is 0 Å². The molecule has 1 aromatic heterocycles. The number of aromatic nitrogens is 2. The van der Waals surface area contributed by atoms with Crippen molar-refractivity contribution in [3.63, 3.8) is 0 Å². The number of nitrogens with zero attached hydrogens (tertiary/aromatic N) is 1. The molecule has 0 unspecified atom stereocenters. The number of carbonyl (C=O) groups excluding carboxylic acids is 3. The Morgan fingerprint density at radius 2 is 1.38 bits per heavy atom. The van der Waals surface area contributed by atoms with Crippen LogP contribution in [0.4, 0.5) is 0 Å². The van der Waals surface area contributed by atoms with Gasteiger partial charge in [0.25, 0.3) is 0 Å². The molecule has 2 heterocycles. The van der Waals surface area contributed by atoms with Crippen LogP contribution in [0.25, 0.3) is 0 Å². The number of hydrogen-bond acceptors (Lipinski definition) is 9. The maximum absolute atomic E-state index is 13.4. The van der Waals surface area contributed by atoms with Gasteiger partial charge in [-0.2, -0.15) is 0 Å². The molecule has 0 radical (unpaired) electrons. The molecule has 0 spiro atoms. The Kier molecular flexibility index (Phi) is 13.2. The third kappa shape index (κ3) is 8.92. The normalized spacial score (nSPS) is 21.0. The van der Waals surface area contributed by atoms with Crippen molar-refractivity contribution in [2.45, 2.75) is 118 Å². The molecule has 0 aromatic carbocycles. The predicted molar refractivity (Wildman–Crippen MR) is 148 cm³/mol. The molecule has 220 valence electrons. The van der Waals surface area contributed by atoms with Crippen LogP contribution in [0.1, 0.15) is 86.3 Å². The first-order valence-electron chi connectivity index (χ1n) is 14.0. The van der Waals surface area contributed by atoms with E-state index in [9.17, 15) is 24.0 Å².